The van der Waals surface area contributed by atoms with Crippen molar-refractivity contribution in [2.45, 2.75) is 38.5 Å². The lowest BCUT2D eigenvalue weighted by Crippen LogP contribution is -2.25. The maximum absolute atomic E-state index is 14.9. The molecule has 0 bridgehead atoms. The molecule has 1 aliphatic rings. The lowest BCUT2D eigenvalue weighted by atomic mass is 9.75. The van der Waals surface area contributed by atoms with Crippen molar-refractivity contribution in [2.24, 2.45) is 13.0 Å². The molecule has 0 saturated heterocycles. The summed E-state index contributed by atoms with van der Waals surface area (Å²) in [6.45, 7) is 1.94. The molecular weight excluding hydrogens is 343 g/mol. The molecule has 0 amide bonds. The zero-order valence-electron chi connectivity index (χ0n) is 15.6. The molecule has 1 heterocycles. The smallest absolute Gasteiger partial charge is 0.307 e. The van der Waals surface area contributed by atoms with Crippen LogP contribution in [0.3, 0.4) is 0 Å². The second-order valence-corrected chi connectivity index (χ2v) is 7.50. The third-order valence-corrected chi connectivity index (χ3v) is 5.92. The van der Waals surface area contributed by atoms with E-state index in [4.69, 9.17) is 0 Å². The minimum absolute atomic E-state index is 0.110. The van der Waals surface area contributed by atoms with Gasteiger partial charge in [-0.25, -0.2) is 9.37 Å². The number of rotatable bonds is 3. The van der Waals surface area contributed by atoms with Crippen molar-refractivity contribution in [1.29, 1.82) is 0 Å². The maximum atomic E-state index is 14.9. The number of fused-ring (bicyclic) bond motifs is 1. The van der Waals surface area contributed by atoms with Crippen LogP contribution in [0.25, 0.3) is 22.2 Å². The van der Waals surface area contributed by atoms with Gasteiger partial charge in [0, 0.05) is 12.6 Å². The van der Waals surface area contributed by atoms with E-state index in [0.29, 0.717) is 12.0 Å². The van der Waals surface area contributed by atoms with Gasteiger partial charge in [0.2, 0.25) is 0 Å². The summed E-state index contributed by atoms with van der Waals surface area (Å²) in [5, 5.41) is 9.49. The van der Waals surface area contributed by atoms with Gasteiger partial charge >= 0.3 is 5.97 Å². The van der Waals surface area contributed by atoms with Gasteiger partial charge in [0.15, 0.2) is 0 Å². The second-order valence-electron chi connectivity index (χ2n) is 7.50. The third kappa shape index (κ3) is 3.11. The summed E-state index contributed by atoms with van der Waals surface area (Å²) < 4.78 is 16.9. The number of halogens is 1. The number of carboxylic acids is 1. The van der Waals surface area contributed by atoms with E-state index in [0.717, 1.165) is 47.2 Å². The Bertz CT molecular complexity index is 1020. The first kappa shape index (κ1) is 17.7. The van der Waals surface area contributed by atoms with Gasteiger partial charge in [-0.15, -0.1) is 0 Å². The van der Waals surface area contributed by atoms with E-state index in [1.54, 1.807) is 6.07 Å². The van der Waals surface area contributed by atoms with Gasteiger partial charge in [0.05, 0.1) is 17.0 Å². The van der Waals surface area contributed by atoms with Crippen LogP contribution >= 0.6 is 0 Å². The number of nitrogens with zero attached hydrogens (tertiary/aromatic N) is 2. The number of aryl methyl sites for hydroxylation is 2. The fourth-order valence-corrected chi connectivity index (χ4v) is 4.31. The first-order valence-corrected chi connectivity index (χ1v) is 9.41. The molecule has 5 heteroatoms. The Kier molecular flexibility index (Phi) is 4.46. The molecule has 0 radical (unpaired) electrons. The minimum Gasteiger partial charge on any atom is -0.481 e. The number of aromatic nitrogens is 2. The Labute approximate surface area is 157 Å². The Morgan fingerprint density at radius 2 is 1.96 bits per heavy atom. The van der Waals surface area contributed by atoms with Gasteiger partial charge in [-0.2, -0.15) is 0 Å². The van der Waals surface area contributed by atoms with Gasteiger partial charge in [0.25, 0.3) is 0 Å². The molecule has 4 nitrogen and oxygen atoms in total. The Balaban J connectivity index is 1.70. The van der Waals surface area contributed by atoms with Crippen LogP contribution in [-0.4, -0.2) is 20.6 Å². The van der Waals surface area contributed by atoms with Gasteiger partial charge in [-0.05, 0) is 55.0 Å². The normalized spacial score (nSPS) is 20.1. The highest BCUT2D eigenvalue weighted by Gasteiger charge is 2.32. The van der Waals surface area contributed by atoms with Crippen molar-refractivity contribution >= 4 is 17.0 Å². The first-order chi connectivity index (χ1) is 13.0. The molecule has 1 fully saturated rings. The fourth-order valence-electron chi connectivity index (χ4n) is 4.31. The van der Waals surface area contributed by atoms with Gasteiger partial charge < -0.3 is 9.67 Å². The van der Waals surface area contributed by atoms with Crippen LogP contribution in [0.5, 0.6) is 0 Å². The largest absolute Gasteiger partial charge is 0.481 e. The van der Waals surface area contributed by atoms with Crippen LogP contribution in [0.15, 0.2) is 36.4 Å². The third-order valence-electron chi connectivity index (χ3n) is 5.92. The Hall–Kier alpha value is -2.69. The second kappa shape index (κ2) is 6.80. The number of aliphatic carboxylic acids is 1. The number of imidazole rings is 1. The zero-order valence-corrected chi connectivity index (χ0v) is 15.6. The Morgan fingerprint density at radius 3 is 2.70 bits per heavy atom. The summed E-state index contributed by atoms with van der Waals surface area (Å²) in [6.07, 6.45) is 3.39. The average molecular weight is 366 g/mol. The molecular formula is C22H23FN2O2. The monoisotopic (exact) mass is 366 g/mol. The number of carbonyl (C=O) groups is 1. The van der Waals surface area contributed by atoms with E-state index in [1.165, 1.54) is 6.07 Å². The van der Waals surface area contributed by atoms with E-state index >= 15 is 0 Å². The molecule has 27 heavy (non-hydrogen) atoms. The van der Waals surface area contributed by atoms with E-state index in [1.807, 2.05) is 42.8 Å². The number of hydrogen-bond donors (Lipinski definition) is 1. The number of benzene rings is 2. The van der Waals surface area contributed by atoms with Crippen LogP contribution < -0.4 is 0 Å². The molecule has 3 aromatic rings. The molecule has 0 spiro atoms. The van der Waals surface area contributed by atoms with Crippen molar-refractivity contribution in [3.05, 3.63) is 53.6 Å². The van der Waals surface area contributed by atoms with Crippen molar-refractivity contribution in [2.75, 3.05) is 0 Å². The fraction of sp³-hybridized carbons (Fsp3) is 0.364. The van der Waals surface area contributed by atoms with Crippen LogP contribution in [0, 0.1) is 18.7 Å². The van der Waals surface area contributed by atoms with Gasteiger partial charge in [0.1, 0.15) is 11.6 Å². The van der Waals surface area contributed by atoms with Crippen LogP contribution in [0.1, 0.15) is 43.0 Å². The first-order valence-electron chi connectivity index (χ1n) is 9.41. The van der Waals surface area contributed by atoms with E-state index in [-0.39, 0.29) is 11.7 Å². The lowest BCUT2D eigenvalue weighted by molar-refractivity contribution is -0.143. The summed E-state index contributed by atoms with van der Waals surface area (Å²) >= 11 is 0. The van der Waals surface area contributed by atoms with Crippen LogP contribution in [0.2, 0.25) is 0 Å². The summed E-state index contributed by atoms with van der Waals surface area (Å²) in [7, 11) is 1.96. The predicted octanol–water partition coefficient (Wildman–Crippen LogP) is 5.05. The molecule has 1 N–H and O–H groups in total. The molecule has 2 aromatic carbocycles. The minimum atomic E-state index is -0.778. The molecule has 1 unspecified atom stereocenters. The highest BCUT2D eigenvalue weighted by molar-refractivity contribution is 5.82. The number of hydrogen-bond acceptors (Lipinski definition) is 2. The zero-order chi connectivity index (χ0) is 19.1. The van der Waals surface area contributed by atoms with Gasteiger partial charge in [-0.1, -0.05) is 31.0 Å². The summed E-state index contributed by atoms with van der Waals surface area (Å²) in [4.78, 5) is 16.1. The SMILES string of the molecule is Cc1nc2cc(-c3ccc([C@@H]4CCCCC4C(=O)O)cc3F)ccc2n1C. The topological polar surface area (TPSA) is 55.1 Å². The molecule has 4 rings (SSSR count). The molecule has 0 aliphatic heterocycles. The Morgan fingerprint density at radius 1 is 1.19 bits per heavy atom. The highest BCUT2D eigenvalue weighted by Crippen LogP contribution is 2.39. The van der Waals surface area contributed by atoms with E-state index < -0.39 is 11.9 Å². The molecule has 2 atom stereocenters. The average Bonchev–Trinajstić information content (AvgIpc) is 2.95. The summed E-state index contributed by atoms with van der Waals surface area (Å²) in [5.41, 5.74) is 3.95. The highest BCUT2D eigenvalue weighted by atomic mass is 19.1. The van der Waals surface area contributed by atoms with Crippen molar-refractivity contribution < 1.29 is 14.3 Å². The van der Waals surface area contributed by atoms with Crippen molar-refractivity contribution in [1.82, 2.24) is 9.55 Å². The number of carboxylic acid groups (broad SMARTS) is 1. The molecule has 1 saturated carbocycles. The maximum Gasteiger partial charge on any atom is 0.307 e. The molecule has 140 valence electrons. The van der Waals surface area contributed by atoms with E-state index in [9.17, 15) is 14.3 Å². The lowest BCUT2D eigenvalue weighted by Gasteiger charge is -2.29. The predicted molar refractivity (Wildman–Crippen MR) is 103 cm³/mol. The van der Waals surface area contributed by atoms with Crippen molar-refractivity contribution in [3.8, 4) is 11.1 Å². The van der Waals surface area contributed by atoms with Crippen LogP contribution in [-0.2, 0) is 11.8 Å². The van der Waals surface area contributed by atoms with Crippen molar-refractivity contribution in [3.63, 3.8) is 0 Å². The molecule has 1 aliphatic carbocycles. The van der Waals surface area contributed by atoms with Crippen LogP contribution in [0.4, 0.5) is 4.39 Å². The summed E-state index contributed by atoms with van der Waals surface area (Å²) in [5.74, 6) is -0.707. The van der Waals surface area contributed by atoms with Gasteiger partial charge in [-0.3, -0.25) is 4.79 Å². The quantitative estimate of drug-likeness (QED) is 0.706. The standard InChI is InChI=1S/C22H23FN2O2/c1-13-24-20-12-15(8-10-21(20)25(13)2)17-9-7-14(11-19(17)23)16-5-3-4-6-18(16)22(26)27/h7-12,16,18H,3-6H2,1-2H3,(H,26,27)/t16-,18?/m0/s1. The van der Waals surface area contributed by atoms with E-state index in [2.05, 4.69) is 4.98 Å². The molecule has 1 aromatic heterocycles. The summed E-state index contributed by atoms with van der Waals surface area (Å²) in [6, 6.07) is 10.9.